The van der Waals surface area contributed by atoms with Crippen molar-refractivity contribution in [3.05, 3.63) is 84.3 Å². The van der Waals surface area contributed by atoms with Crippen molar-refractivity contribution in [2.24, 2.45) is 0 Å². The molecule has 0 radical (unpaired) electrons. The molecule has 34 heavy (non-hydrogen) atoms. The molecule has 2 aromatic carbocycles. The highest BCUT2D eigenvalue weighted by atomic mass is 35.5. The van der Waals surface area contributed by atoms with Crippen LogP contribution in [0, 0.1) is 0 Å². The average molecular weight is 492 g/mol. The summed E-state index contributed by atoms with van der Waals surface area (Å²) in [5, 5.41) is 2.58. The maximum Gasteiger partial charge on any atom is 0.261 e. The van der Waals surface area contributed by atoms with E-state index in [-0.39, 0.29) is 22.2 Å². The van der Waals surface area contributed by atoms with Gasteiger partial charge in [0.05, 0.1) is 12.4 Å². The van der Waals surface area contributed by atoms with Crippen LogP contribution in [-0.2, 0) is 11.0 Å². The van der Waals surface area contributed by atoms with Gasteiger partial charge in [-0.2, -0.15) is 9.97 Å². The number of nitrogen functional groups attached to an aromatic ring is 1. The Bertz CT molecular complexity index is 1260. The number of halogens is 1. The van der Waals surface area contributed by atoms with Crippen LogP contribution in [0.5, 0.6) is 0 Å². The second-order valence-corrected chi connectivity index (χ2v) is 14.1. The van der Waals surface area contributed by atoms with E-state index >= 15 is 0 Å². The van der Waals surface area contributed by atoms with E-state index in [9.17, 15) is 0 Å². The zero-order valence-corrected chi connectivity index (χ0v) is 21.8. The third kappa shape index (κ3) is 4.38. The normalized spacial score (nSPS) is 13.2. The SMILES string of the molecule is C=C(Cn1cnc2c(Cl)nc(N)nc21)[C@H](C)O[Si](c1ccccc1)(c1ccccc1)C(C)(C)C. The summed E-state index contributed by atoms with van der Waals surface area (Å²) in [4.78, 5) is 12.7. The molecular weight excluding hydrogens is 462 g/mol. The van der Waals surface area contributed by atoms with Gasteiger partial charge < -0.3 is 14.7 Å². The third-order valence-corrected chi connectivity index (χ3v) is 11.5. The maximum atomic E-state index is 7.17. The molecule has 2 N–H and O–H groups in total. The zero-order chi connectivity index (χ0) is 24.5. The lowest BCUT2D eigenvalue weighted by atomic mass is 10.2. The van der Waals surface area contributed by atoms with E-state index in [1.54, 1.807) is 6.33 Å². The van der Waals surface area contributed by atoms with Crippen molar-refractivity contribution in [3.63, 3.8) is 0 Å². The van der Waals surface area contributed by atoms with Gasteiger partial charge in [-0.05, 0) is 27.9 Å². The number of nitrogens with zero attached hydrogens (tertiary/aromatic N) is 4. The summed E-state index contributed by atoms with van der Waals surface area (Å²) in [6.45, 7) is 13.7. The third-order valence-electron chi connectivity index (χ3n) is 6.16. The van der Waals surface area contributed by atoms with E-state index in [0.29, 0.717) is 17.7 Å². The van der Waals surface area contributed by atoms with Gasteiger partial charge in [0.1, 0.15) is 5.52 Å². The number of benzene rings is 2. The van der Waals surface area contributed by atoms with E-state index < -0.39 is 8.32 Å². The van der Waals surface area contributed by atoms with E-state index in [1.807, 2.05) is 16.7 Å². The minimum absolute atomic E-state index is 0.112. The molecule has 8 heteroatoms. The van der Waals surface area contributed by atoms with Crippen LogP contribution in [0.15, 0.2) is 79.1 Å². The molecule has 0 amide bonds. The van der Waals surface area contributed by atoms with Crippen molar-refractivity contribution in [3.8, 4) is 0 Å². The summed E-state index contributed by atoms with van der Waals surface area (Å²) < 4.78 is 9.05. The second-order valence-electron chi connectivity index (χ2n) is 9.50. The molecule has 0 saturated carbocycles. The summed E-state index contributed by atoms with van der Waals surface area (Å²) in [5.41, 5.74) is 7.82. The van der Waals surface area contributed by atoms with E-state index in [0.717, 1.165) is 5.57 Å². The van der Waals surface area contributed by atoms with Crippen LogP contribution in [0.2, 0.25) is 10.2 Å². The van der Waals surface area contributed by atoms with Gasteiger partial charge in [-0.15, -0.1) is 0 Å². The van der Waals surface area contributed by atoms with Gasteiger partial charge in [0.15, 0.2) is 10.8 Å². The number of aromatic nitrogens is 4. The number of nitrogens with two attached hydrogens (primary N) is 1. The molecule has 0 aliphatic carbocycles. The summed E-state index contributed by atoms with van der Waals surface area (Å²) in [6.07, 6.45) is 1.46. The number of hydrogen-bond acceptors (Lipinski definition) is 5. The summed E-state index contributed by atoms with van der Waals surface area (Å²) in [7, 11) is -2.70. The number of anilines is 1. The van der Waals surface area contributed by atoms with Gasteiger partial charge >= 0.3 is 0 Å². The van der Waals surface area contributed by atoms with Crippen molar-refractivity contribution < 1.29 is 4.43 Å². The van der Waals surface area contributed by atoms with Gasteiger partial charge in [-0.1, -0.05) is 99.6 Å². The standard InChI is InChI=1S/C26H30ClN5OSi/c1-18(16-32-17-29-22-23(27)30-25(28)31-24(22)32)19(2)33-34(26(3,4)5,20-12-8-6-9-13-20)21-14-10-7-11-15-21/h6-15,17,19H,1,16H2,2-5H3,(H2,28,30,31)/t19-/m0/s1. The molecule has 0 spiro atoms. The number of fused-ring (bicyclic) bond motifs is 1. The number of hydrogen-bond donors (Lipinski definition) is 1. The van der Waals surface area contributed by atoms with Crippen LogP contribution >= 0.6 is 11.6 Å². The highest BCUT2D eigenvalue weighted by molar-refractivity contribution is 6.99. The first kappa shape index (κ1) is 24.1. The van der Waals surface area contributed by atoms with Crippen LogP contribution < -0.4 is 16.1 Å². The predicted octanol–water partition coefficient (Wildman–Crippen LogP) is 4.58. The molecule has 0 bridgehead atoms. The molecule has 2 aromatic heterocycles. The van der Waals surface area contributed by atoms with Crippen LogP contribution in [0.25, 0.3) is 11.2 Å². The van der Waals surface area contributed by atoms with Crippen LogP contribution in [0.1, 0.15) is 27.7 Å². The Morgan fingerprint density at radius 2 is 1.62 bits per heavy atom. The predicted molar refractivity (Wildman–Crippen MR) is 142 cm³/mol. The first-order chi connectivity index (χ1) is 16.1. The molecule has 176 valence electrons. The fourth-order valence-electron chi connectivity index (χ4n) is 4.43. The molecule has 1 atom stereocenters. The lowest BCUT2D eigenvalue weighted by molar-refractivity contribution is 0.235. The van der Waals surface area contributed by atoms with Crippen LogP contribution in [0.4, 0.5) is 5.95 Å². The van der Waals surface area contributed by atoms with Gasteiger partial charge in [-0.3, -0.25) is 0 Å². The molecule has 0 unspecified atom stereocenters. The Morgan fingerprint density at radius 1 is 1.06 bits per heavy atom. The van der Waals surface area contributed by atoms with E-state index in [4.69, 9.17) is 21.8 Å². The molecule has 4 aromatic rings. The Balaban J connectivity index is 1.72. The summed E-state index contributed by atoms with van der Waals surface area (Å²) >= 11 is 6.20. The van der Waals surface area contributed by atoms with Crippen molar-refractivity contribution in [1.82, 2.24) is 19.5 Å². The smallest absolute Gasteiger partial charge is 0.261 e. The van der Waals surface area contributed by atoms with E-state index in [2.05, 4.69) is 97.8 Å². The lowest BCUT2D eigenvalue weighted by Crippen LogP contribution is -2.67. The first-order valence-corrected chi connectivity index (χ1v) is 13.5. The minimum atomic E-state index is -2.70. The Hall–Kier alpha value is -3.00. The van der Waals surface area contributed by atoms with Gasteiger partial charge in [0, 0.05) is 6.54 Å². The summed E-state index contributed by atoms with van der Waals surface area (Å²) in [5.74, 6) is 0.112. The average Bonchev–Trinajstić information content (AvgIpc) is 3.20. The maximum absolute atomic E-state index is 7.17. The lowest BCUT2D eigenvalue weighted by Gasteiger charge is -2.45. The van der Waals surface area contributed by atoms with Gasteiger partial charge in [-0.25, -0.2) is 4.98 Å². The highest BCUT2D eigenvalue weighted by Crippen LogP contribution is 2.38. The van der Waals surface area contributed by atoms with Crippen molar-refractivity contribution in [2.45, 2.75) is 45.4 Å². The van der Waals surface area contributed by atoms with Gasteiger partial charge in [0.25, 0.3) is 8.32 Å². The van der Waals surface area contributed by atoms with Crippen molar-refractivity contribution in [1.29, 1.82) is 0 Å². The fourth-order valence-corrected chi connectivity index (χ4v) is 9.36. The quantitative estimate of drug-likeness (QED) is 0.232. The van der Waals surface area contributed by atoms with Crippen molar-refractivity contribution in [2.75, 3.05) is 5.73 Å². The monoisotopic (exact) mass is 491 g/mol. The minimum Gasteiger partial charge on any atom is -0.401 e. The van der Waals surface area contributed by atoms with Crippen molar-refractivity contribution >= 4 is 47.4 Å². The molecule has 0 saturated heterocycles. The topological polar surface area (TPSA) is 78.9 Å². The summed E-state index contributed by atoms with van der Waals surface area (Å²) in [6, 6.07) is 21.2. The first-order valence-electron chi connectivity index (χ1n) is 11.2. The molecule has 0 fully saturated rings. The Morgan fingerprint density at radius 3 is 2.15 bits per heavy atom. The number of imidazole rings is 1. The zero-order valence-electron chi connectivity index (χ0n) is 20.0. The highest BCUT2D eigenvalue weighted by Gasteiger charge is 2.51. The number of rotatable bonds is 7. The van der Waals surface area contributed by atoms with E-state index in [1.165, 1.54) is 10.4 Å². The molecule has 0 aliphatic heterocycles. The Kier molecular flexibility index (Phi) is 6.62. The molecule has 6 nitrogen and oxygen atoms in total. The molecule has 4 rings (SSSR count). The second kappa shape index (κ2) is 9.33. The fraction of sp³-hybridized carbons (Fsp3) is 0.269. The van der Waals surface area contributed by atoms with Crippen LogP contribution in [-0.4, -0.2) is 33.9 Å². The van der Waals surface area contributed by atoms with Gasteiger partial charge in [0.2, 0.25) is 5.95 Å². The largest absolute Gasteiger partial charge is 0.401 e. The van der Waals surface area contributed by atoms with Crippen LogP contribution in [0.3, 0.4) is 0 Å². The molecule has 0 aliphatic rings. The molecule has 2 heterocycles. The Labute approximate surface area is 206 Å². The molecular formula is C26H30ClN5OSi.